The molecule has 0 saturated carbocycles. The predicted octanol–water partition coefficient (Wildman–Crippen LogP) is 1.38. The molecule has 4 nitrogen and oxygen atoms in total. The first-order valence-corrected chi connectivity index (χ1v) is 7.36. The summed E-state index contributed by atoms with van der Waals surface area (Å²) in [4.78, 5) is 14.1. The number of carbonyl (C=O) groups excluding carboxylic acids is 1. The number of amides is 1. The van der Waals surface area contributed by atoms with Gasteiger partial charge in [-0.2, -0.15) is 0 Å². The van der Waals surface area contributed by atoms with Crippen LogP contribution >= 0.6 is 0 Å². The molecule has 1 amide bonds. The van der Waals surface area contributed by atoms with E-state index in [0.29, 0.717) is 6.42 Å². The minimum atomic E-state index is 0.138. The second-order valence-electron chi connectivity index (χ2n) is 5.29. The normalized spacial score (nSPS) is 16.1. The Labute approximate surface area is 121 Å². The molecule has 0 unspecified atom stereocenters. The van der Waals surface area contributed by atoms with Gasteiger partial charge in [0.05, 0.1) is 13.2 Å². The fourth-order valence-electron chi connectivity index (χ4n) is 2.28. The van der Waals surface area contributed by atoms with Gasteiger partial charge in [-0.15, -0.1) is 0 Å². The van der Waals surface area contributed by atoms with E-state index >= 15 is 0 Å². The lowest BCUT2D eigenvalue weighted by atomic mass is 10.1. The highest BCUT2D eigenvalue weighted by Crippen LogP contribution is 2.05. The third-order valence-electron chi connectivity index (χ3n) is 3.62. The predicted molar refractivity (Wildman–Crippen MR) is 79.8 cm³/mol. The monoisotopic (exact) mass is 276 g/mol. The van der Waals surface area contributed by atoms with E-state index < -0.39 is 0 Å². The van der Waals surface area contributed by atoms with E-state index in [0.717, 1.165) is 45.8 Å². The van der Waals surface area contributed by atoms with Gasteiger partial charge in [-0.05, 0) is 18.9 Å². The van der Waals surface area contributed by atoms with Crippen LogP contribution in [0.15, 0.2) is 24.3 Å². The Hall–Kier alpha value is -1.39. The van der Waals surface area contributed by atoms with Gasteiger partial charge >= 0.3 is 0 Å². The van der Waals surface area contributed by atoms with Gasteiger partial charge in [0, 0.05) is 32.6 Å². The van der Waals surface area contributed by atoms with Crippen LogP contribution in [0.5, 0.6) is 0 Å². The molecule has 0 radical (unpaired) electrons. The molecule has 1 aliphatic rings. The van der Waals surface area contributed by atoms with E-state index in [4.69, 9.17) is 4.74 Å². The Kier molecular flexibility index (Phi) is 6.02. The molecule has 1 saturated heterocycles. The van der Waals surface area contributed by atoms with Crippen molar-refractivity contribution in [3.05, 3.63) is 35.4 Å². The zero-order chi connectivity index (χ0) is 14.2. The first-order chi connectivity index (χ1) is 9.74. The lowest BCUT2D eigenvalue weighted by molar-refractivity contribution is -0.121. The van der Waals surface area contributed by atoms with Gasteiger partial charge < -0.3 is 10.1 Å². The first kappa shape index (κ1) is 15.0. The van der Waals surface area contributed by atoms with Crippen molar-refractivity contribution in [2.24, 2.45) is 0 Å². The van der Waals surface area contributed by atoms with Crippen molar-refractivity contribution in [3.8, 4) is 0 Å². The average molecular weight is 276 g/mol. The summed E-state index contributed by atoms with van der Waals surface area (Å²) in [5, 5.41) is 2.99. The van der Waals surface area contributed by atoms with Crippen LogP contribution in [0.3, 0.4) is 0 Å². The molecule has 1 N–H and O–H groups in total. The lowest BCUT2D eigenvalue weighted by Crippen LogP contribution is -2.41. The van der Waals surface area contributed by atoms with Crippen molar-refractivity contribution in [2.75, 3.05) is 39.4 Å². The van der Waals surface area contributed by atoms with Crippen molar-refractivity contribution in [1.29, 1.82) is 0 Å². The van der Waals surface area contributed by atoms with E-state index in [-0.39, 0.29) is 5.91 Å². The molecule has 0 bridgehead atoms. The van der Waals surface area contributed by atoms with Crippen LogP contribution in [0.1, 0.15) is 17.5 Å². The number of carbonyl (C=O) groups is 1. The minimum absolute atomic E-state index is 0.138. The molecule has 0 aromatic heterocycles. The second-order valence-corrected chi connectivity index (χ2v) is 5.29. The van der Waals surface area contributed by atoms with Crippen molar-refractivity contribution >= 4 is 5.91 Å². The molecule has 0 spiro atoms. The number of benzene rings is 1. The van der Waals surface area contributed by atoms with Crippen LogP contribution < -0.4 is 5.32 Å². The first-order valence-electron chi connectivity index (χ1n) is 7.36. The van der Waals surface area contributed by atoms with E-state index in [1.165, 1.54) is 11.1 Å². The molecule has 2 rings (SSSR count). The third kappa shape index (κ3) is 5.31. The van der Waals surface area contributed by atoms with Crippen molar-refractivity contribution in [1.82, 2.24) is 10.2 Å². The van der Waals surface area contributed by atoms with Crippen LogP contribution in [-0.4, -0.2) is 50.2 Å². The Morgan fingerprint density at radius 1 is 1.25 bits per heavy atom. The maximum absolute atomic E-state index is 11.8. The van der Waals surface area contributed by atoms with Gasteiger partial charge in [-0.25, -0.2) is 0 Å². The summed E-state index contributed by atoms with van der Waals surface area (Å²) in [5.74, 6) is 0.138. The number of hydrogen-bond acceptors (Lipinski definition) is 3. The quantitative estimate of drug-likeness (QED) is 0.853. The van der Waals surface area contributed by atoms with Gasteiger partial charge in [0.1, 0.15) is 0 Å². The van der Waals surface area contributed by atoms with Crippen LogP contribution in [0.25, 0.3) is 0 Å². The topological polar surface area (TPSA) is 41.6 Å². The van der Waals surface area contributed by atoms with Crippen LogP contribution in [0, 0.1) is 6.92 Å². The Bertz CT molecular complexity index is 411. The van der Waals surface area contributed by atoms with Gasteiger partial charge in [-0.1, -0.05) is 29.8 Å². The van der Waals surface area contributed by atoms with E-state index in [9.17, 15) is 4.79 Å². The van der Waals surface area contributed by atoms with Crippen molar-refractivity contribution in [3.63, 3.8) is 0 Å². The van der Waals surface area contributed by atoms with Gasteiger partial charge in [0.25, 0.3) is 0 Å². The number of morpholine rings is 1. The number of aryl methyl sites for hydroxylation is 2. The molecule has 1 aromatic rings. The summed E-state index contributed by atoms with van der Waals surface area (Å²) in [6.45, 7) is 7.27. The molecule has 20 heavy (non-hydrogen) atoms. The van der Waals surface area contributed by atoms with Gasteiger partial charge in [0.2, 0.25) is 5.91 Å². The summed E-state index contributed by atoms with van der Waals surface area (Å²) < 4.78 is 5.29. The number of nitrogens with one attached hydrogen (secondary N) is 1. The third-order valence-corrected chi connectivity index (χ3v) is 3.62. The molecular weight excluding hydrogens is 252 g/mol. The Morgan fingerprint density at radius 3 is 2.65 bits per heavy atom. The van der Waals surface area contributed by atoms with E-state index in [1.54, 1.807) is 0 Å². The molecule has 0 aliphatic carbocycles. The lowest BCUT2D eigenvalue weighted by Gasteiger charge is -2.26. The number of rotatable bonds is 6. The SMILES string of the molecule is Cc1ccc(CCC(=O)NCCN2CCOCC2)cc1. The summed E-state index contributed by atoms with van der Waals surface area (Å²) in [5.41, 5.74) is 2.47. The fourth-order valence-corrected chi connectivity index (χ4v) is 2.28. The highest BCUT2D eigenvalue weighted by atomic mass is 16.5. The summed E-state index contributed by atoms with van der Waals surface area (Å²) in [6.07, 6.45) is 1.37. The summed E-state index contributed by atoms with van der Waals surface area (Å²) in [6, 6.07) is 8.37. The summed E-state index contributed by atoms with van der Waals surface area (Å²) in [7, 11) is 0. The summed E-state index contributed by atoms with van der Waals surface area (Å²) >= 11 is 0. The van der Waals surface area contributed by atoms with Crippen LogP contribution in [0.2, 0.25) is 0 Å². The molecule has 1 aliphatic heterocycles. The fraction of sp³-hybridized carbons (Fsp3) is 0.562. The van der Waals surface area contributed by atoms with Gasteiger partial charge in [-0.3, -0.25) is 9.69 Å². The standard InChI is InChI=1S/C16H24N2O2/c1-14-2-4-15(5-3-14)6-7-16(19)17-8-9-18-10-12-20-13-11-18/h2-5H,6-13H2,1H3,(H,17,19). The smallest absolute Gasteiger partial charge is 0.220 e. The molecule has 0 atom stereocenters. The number of nitrogens with zero attached hydrogens (tertiary/aromatic N) is 1. The average Bonchev–Trinajstić information content (AvgIpc) is 2.48. The minimum Gasteiger partial charge on any atom is -0.379 e. The van der Waals surface area contributed by atoms with E-state index in [2.05, 4.69) is 41.4 Å². The molecule has 1 heterocycles. The Balaban J connectivity index is 1.59. The second kappa shape index (κ2) is 8.02. The van der Waals surface area contributed by atoms with Crippen molar-refractivity contribution in [2.45, 2.75) is 19.8 Å². The zero-order valence-electron chi connectivity index (χ0n) is 12.2. The van der Waals surface area contributed by atoms with E-state index in [1.807, 2.05) is 0 Å². The molecule has 110 valence electrons. The van der Waals surface area contributed by atoms with Crippen LogP contribution in [-0.2, 0) is 16.0 Å². The Morgan fingerprint density at radius 2 is 1.95 bits per heavy atom. The molecule has 4 heteroatoms. The highest BCUT2D eigenvalue weighted by Gasteiger charge is 2.10. The van der Waals surface area contributed by atoms with Gasteiger partial charge in [0.15, 0.2) is 0 Å². The van der Waals surface area contributed by atoms with Crippen molar-refractivity contribution < 1.29 is 9.53 Å². The number of ether oxygens (including phenoxy) is 1. The maximum atomic E-state index is 11.8. The number of hydrogen-bond donors (Lipinski definition) is 1. The largest absolute Gasteiger partial charge is 0.379 e. The zero-order valence-corrected chi connectivity index (χ0v) is 12.2. The highest BCUT2D eigenvalue weighted by molar-refractivity contribution is 5.76. The molecular formula is C16H24N2O2. The molecule has 1 fully saturated rings. The maximum Gasteiger partial charge on any atom is 0.220 e. The molecule has 1 aromatic carbocycles. The van der Waals surface area contributed by atoms with Crippen LogP contribution in [0.4, 0.5) is 0 Å².